The van der Waals surface area contributed by atoms with Crippen LogP contribution in [0.5, 0.6) is 5.75 Å². The van der Waals surface area contributed by atoms with Crippen LogP contribution in [-0.2, 0) is 6.54 Å². The first kappa shape index (κ1) is 13.2. The van der Waals surface area contributed by atoms with Crippen molar-refractivity contribution < 1.29 is 13.7 Å². The predicted octanol–water partition coefficient (Wildman–Crippen LogP) is 3.26. The highest BCUT2D eigenvalue weighted by Crippen LogP contribution is 2.25. The smallest absolute Gasteiger partial charge is 0.246 e. The SMILES string of the molecule is COc1ccc(C)cc1NCc1nc(-c2ccco2)no1. The highest BCUT2D eigenvalue weighted by atomic mass is 16.5. The Kier molecular flexibility index (Phi) is 3.59. The number of hydrogen-bond donors (Lipinski definition) is 1. The van der Waals surface area contributed by atoms with E-state index < -0.39 is 0 Å². The van der Waals surface area contributed by atoms with Crippen LogP contribution in [0, 0.1) is 6.92 Å². The Morgan fingerprint density at radius 1 is 1.29 bits per heavy atom. The number of rotatable bonds is 5. The normalized spacial score (nSPS) is 10.6. The van der Waals surface area contributed by atoms with Gasteiger partial charge in [0.2, 0.25) is 11.7 Å². The van der Waals surface area contributed by atoms with Crippen molar-refractivity contribution in [1.29, 1.82) is 0 Å². The summed E-state index contributed by atoms with van der Waals surface area (Å²) in [6, 6.07) is 9.47. The molecule has 0 amide bonds. The fourth-order valence-corrected chi connectivity index (χ4v) is 1.96. The largest absolute Gasteiger partial charge is 0.495 e. The predicted molar refractivity (Wildman–Crippen MR) is 77.1 cm³/mol. The molecule has 0 bridgehead atoms. The van der Waals surface area contributed by atoms with Gasteiger partial charge in [-0.2, -0.15) is 4.98 Å². The molecule has 6 nitrogen and oxygen atoms in total. The van der Waals surface area contributed by atoms with Gasteiger partial charge in [-0.1, -0.05) is 11.2 Å². The van der Waals surface area contributed by atoms with Gasteiger partial charge in [0.1, 0.15) is 5.75 Å². The molecule has 3 rings (SSSR count). The van der Waals surface area contributed by atoms with Crippen LogP contribution in [0.2, 0.25) is 0 Å². The number of ether oxygens (including phenoxy) is 1. The molecule has 0 fully saturated rings. The third-order valence-corrected chi connectivity index (χ3v) is 2.99. The molecule has 2 aromatic heterocycles. The van der Waals surface area contributed by atoms with Crippen molar-refractivity contribution in [2.75, 3.05) is 12.4 Å². The number of hydrogen-bond acceptors (Lipinski definition) is 6. The van der Waals surface area contributed by atoms with E-state index >= 15 is 0 Å². The molecule has 6 heteroatoms. The zero-order valence-electron chi connectivity index (χ0n) is 11.8. The van der Waals surface area contributed by atoms with E-state index in [4.69, 9.17) is 13.7 Å². The summed E-state index contributed by atoms with van der Waals surface area (Å²) in [5.41, 5.74) is 2.02. The van der Waals surface area contributed by atoms with Crippen LogP contribution in [0.3, 0.4) is 0 Å². The fourth-order valence-electron chi connectivity index (χ4n) is 1.96. The standard InChI is InChI=1S/C15H15N3O3/c1-10-5-6-12(19-2)11(8-10)16-9-14-17-15(18-21-14)13-4-3-7-20-13/h3-8,16H,9H2,1-2H3. The summed E-state index contributed by atoms with van der Waals surface area (Å²) in [6.45, 7) is 2.43. The molecule has 0 unspecified atom stereocenters. The molecular formula is C15H15N3O3. The second-order valence-electron chi connectivity index (χ2n) is 4.55. The van der Waals surface area contributed by atoms with Crippen molar-refractivity contribution in [3.05, 3.63) is 48.0 Å². The van der Waals surface area contributed by atoms with Crippen LogP contribution in [0.25, 0.3) is 11.6 Å². The zero-order valence-corrected chi connectivity index (χ0v) is 11.8. The van der Waals surface area contributed by atoms with Gasteiger partial charge in [0.05, 0.1) is 25.6 Å². The van der Waals surface area contributed by atoms with Crippen molar-refractivity contribution in [3.63, 3.8) is 0 Å². The van der Waals surface area contributed by atoms with Gasteiger partial charge in [0, 0.05) is 0 Å². The minimum atomic E-state index is 0.410. The average Bonchev–Trinajstić information content (AvgIpc) is 3.16. The number of furan rings is 1. The molecule has 0 saturated carbocycles. The quantitative estimate of drug-likeness (QED) is 0.775. The number of methoxy groups -OCH3 is 1. The number of aromatic nitrogens is 2. The molecule has 2 heterocycles. The second-order valence-corrected chi connectivity index (χ2v) is 4.55. The van der Waals surface area contributed by atoms with Crippen LogP contribution in [-0.4, -0.2) is 17.3 Å². The molecule has 0 radical (unpaired) electrons. The lowest BCUT2D eigenvalue weighted by Crippen LogP contribution is -2.02. The highest BCUT2D eigenvalue weighted by molar-refractivity contribution is 5.58. The minimum absolute atomic E-state index is 0.410. The van der Waals surface area contributed by atoms with Gasteiger partial charge >= 0.3 is 0 Å². The van der Waals surface area contributed by atoms with Crippen LogP contribution in [0.1, 0.15) is 11.5 Å². The lowest BCUT2D eigenvalue weighted by atomic mass is 10.2. The zero-order chi connectivity index (χ0) is 14.7. The molecular weight excluding hydrogens is 270 g/mol. The number of nitrogens with one attached hydrogen (secondary N) is 1. The maximum absolute atomic E-state index is 5.31. The summed E-state index contributed by atoms with van der Waals surface area (Å²) >= 11 is 0. The lowest BCUT2D eigenvalue weighted by Gasteiger charge is -2.10. The number of anilines is 1. The number of aryl methyl sites for hydroxylation is 1. The Morgan fingerprint density at radius 2 is 2.19 bits per heavy atom. The number of nitrogens with zero attached hydrogens (tertiary/aromatic N) is 2. The summed E-state index contributed by atoms with van der Waals surface area (Å²) in [6.07, 6.45) is 1.57. The Balaban J connectivity index is 1.72. The van der Waals surface area contributed by atoms with E-state index in [0.29, 0.717) is 24.0 Å². The third kappa shape index (κ3) is 2.89. The molecule has 108 valence electrons. The molecule has 0 spiro atoms. The summed E-state index contributed by atoms with van der Waals surface area (Å²) in [5, 5.41) is 7.11. The van der Waals surface area contributed by atoms with Gasteiger partial charge in [0.25, 0.3) is 0 Å². The Morgan fingerprint density at radius 3 is 2.95 bits per heavy atom. The van der Waals surface area contributed by atoms with Gasteiger partial charge in [0.15, 0.2) is 5.76 Å². The van der Waals surface area contributed by atoms with E-state index in [9.17, 15) is 0 Å². The van der Waals surface area contributed by atoms with Gasteiger partial charge < -0.3 is 19.0 Å². The van der Waals surface area contributed by atoms with Crippen molar-refractivity contribution in [1.82, 2.24) is 10.1 Å². The maximum Gasteiger partial charge on any atom is 0.246 e. The average molecular weight is 285 g/mol. The summed E-state index contributed by atoms with van der Waals surface area (Å²) in [4.78, 5) is 4.27. The van der Waals surface area contributed by atoms with Crippen molar-refractivity contribution in [2.24, 2.45) is 0 Å². The Hall–Kier alpha value is -2.76. The van der Waals surface area contributed by atoms with Gasteiger partial charge in [-0.25, -0.2) is 0 Å². The molecule has 3 aromatic rings. The number of benzene rings is 1. The summed E-state index contributed by atoms with van der Waals surface area (Å²) in [7, 11) is 1.64. The maximum atomic E-state index is 5.31. The lowest BCUT2D eigenvalue weighted by molar-refractivity contribution is 0.382. The van der Waals surface area contributed by atoms with Gasteiger partial charge in [-0.3, -0.25) is 0 Å². The highest BCUT2D eigenvalue weighted by Gasteiger charge is 2.11. The molecule has 0 aliphatic carbocycles. The molecule has 0 aliphatic rings. The Labute approximate surface area is 121 Å². The van der Waals surface area contributed by atoms with Crippen LogP contribution >= 0.6 is 0 Å². The van der Waals surface area contributed by atoms with Crippen LogP contribution in [0.15, 0.2) is 45.5 Å². The van der Waals surface area contributed by atoms with Gasteiger partial charge in [-0.05, 0) is 36.8 Å². The molecule has 1 N–H and O–H groups in total. The van der Waals surface area contributed by atoms with E-state index in [2.05, 4.69) is 15.5 Å². The molecule has 1 aromatic carbocycles. The monoisotopic (exact) mass is 285 g/mol. The Bertz CT molecular complexity index is 720. The molecule has 0 atom stereocenters. The topological polar surface area (TPSA) is 73.3 Å². The molecule has 0 aliphatic heterocycles. The van der Waals surface area contributed by atoms with E-state index in [1.807, 2.05) is 25.1 Å². The summed E-state index contributed by atoms with van der Waals surface area (Å²) < 4.78 is 15.7. The first-order valence-corrected chi connectivity index (χ1v) is 6.51. The van der Waals surface area contributed by atoms with E-state index in [-0.39, 0.29) is 0 Å². The van der Waals surface area contributed by atoms with Crippen LogP contribution < -0.4 is 10.1 Å². The van der Waals surface area contributed by atoms with Crippen molar-refractivity contribution in [2.45, 2.75) is 13.5 Å². The third-order valence-electron chi connectivity index (χ3n) is 2.99. The van der Waals surface area contributed by atoms with Gasteiger partial charge in [-0.15, -0.1) is 0 Å². The van der Waals surface area contributed by atoms with E-state index in [1.54, 1.807) is 25.5 Å². The first-order valence-electron chi connectivity index (χ1n) is 6.51. The summed E-state index contributed by atoms with van der Waals surface area (Å²) in [5.74, 6) is 2.27. The minimum Gasteiger partial charge on any atom is -0.495 e. The fraction of sp³-hybridized carbons (Fsp3) is 0.200. The van der Waals surface area contributed by atoms with Crippen molar-refractivity contribution >= 4 is 5.69 Å². The van der Waals surface area contributed by atoms with E-state index in [0.717, 1.165) is 17.0 Å². The van der Waals surface area contributed by atoms with Crippen LogP contribution in [0.4, 0.5) is 5.69 Å². The van der Waals surface area contributed by atoms with E-state index in [1.165, 1.54) is 0 Å². The molecule has 21 heavy (non-hydrogen) atoms. The first-order chi connectivity index (χ1) is 10.3. The molecule has 0 saturated heterocycles. The van der Waals surface area contributed by atoms with Crippen molar-refractivity contribution in [3.8, 4) is 17.3 Å². The second kappa shape index (κ2) is 5.70.